The molecule has 0 saturated heterocycles. The molecule has 1 aliphatic carbocycles. The van der Waals surface area contributed by atoms with Gasteiger partial charge in [-0.2, -0.15) is 4.55 Å². The van der Waals surface area contributed by atoms with Crippen LogP contribution < -0.4 is 0 Å². The van der Waals surface area contributed by atoms with Crippen LogP contribution in [0.2, 0.25) is 5.02 Å². The fourth-order valence-corrected chi connectivity index (χ4v) is 5.17. The highest BCUT2D eigenvalue weighted by Gasteiger charge is 2.36. The Morgan fingerprint density at radius 1 is 1.09 bits per heavy atom. The number of hydrogen-bond acceptors (Lipinski definition) is 3. The molecule has 5 nitrogen and oxygen atoms in total. The van der Waals surface area contributed by atoms with Crippen molar-refractivity contribution in [1.29, 1.82) is 0 Å². The molecule has 0 radical (unpaired) electrons. The maximum Gasteiger partial charge on any atom is 0.288 e. The van der Waals surface area contributed by atoms with Crippen LogP contribution in [0, 0.1) is 0 Å². The van der Waals surface area contributed by atoms with Crippen molar-refractivity contribution < 1.29 is 13.6 Å². The predicted octanol–water partition coefficient (Wildman–Crippen LogP) is 4.78. The highest BCUT2D eigenvalue weighted by Crippen LogP contribution is 2.28. The van der Waals surface area contributed by atoms with Gasteiger partial charge in [-0.25, -0.2) is 0 Å². The Labute approximate surface area is 198 Å². The molecule has 2 aromatic carbocycles. The van der Waals surface area contributed by atoms with E-state index in [4.69, 9.17) is 11.6 Å². The van der Waals surface area contributed by atoms with Gasteiger partial charge in [0, 0.05) is 30.6 Å². The second-order valence-electron chi connectivity index (χ2n) is 8.88. The standard InChI is InChI=1S/C25H33ClN2O3S/c1-27(15-13-19-8-4-5-9-24(19)26)14-7-6-10-25(29)21-12-11-20-17-23(18-22(20)16-21)28(2)32(3,30)31/h4-5,8-9,11-12,16,23H,6-7,10,13-15,17-18H2,1-3H3/p+1. The molecule has 3 rings (SSSR count). The molecule has 0 aromatic heterocycles. The summed E-state index contributed by atoms with van der Waals surface area (Å²) in [6.45, 7) is 1.89. The van der Waals surface area contributed by atoms with Crippen molar-refractivity contribution in [3.05, 3.63) is 69.7 Å². The third-order valence-electron chi connectivity index (χ3n) is 6.40. The first-order chi connectivity index (χ1) is 15.1. The van der Waals surface area contributed by atoms with E-state index in [1.165, 1.54) is 17.4 Å². The van der Waals surface area contributed by atoms with Gasteiger partial charge in [0.05, 0.1) is 6.04 Å². The fourth-order valence-electron chi connectivity index (χ4n) is 4.24. The summed E-state index contributed by atoms with van der Waals surface area (Å²) in [5.74, 6) is 0.171. The van der Waals surface area contributed by atoms with Gasteiger partial charge in [0.2, 0.25) is 0 Å². The lowest BCUT2D eigenvalue weighted by atomic mass is 10.0. The van der Waals surface area contributed by atoms with Gasteiger partial charge in [0.1, 0.15) is 0 Å². The number of likely N-dealkylation sites (N-methyl/N-ethyl adjacent to an activating group) is 2. The molecule has 2 atom stereocenters. The second kappa shape index (κ2) is 11.0. The third-order valence-corrected chi connectivity index (χ3v) is 8.14. The summed E-state index contributed by atoms with van der Waals surface area (Å²) in [5, 5.41) is 0.818. The Hall–Kier alpha value is -1.57. The maximum atomic E-state index is 12.7. The van der Waals surface area contributed by atoms with Crippen molar-refractivity contribution in [3.63, 3.8) is 0 Å². The van der Waals surface area contributed by atoms with E-state index in [0.717, 1.165) is 54.9 Å². The molecule has 1 aliphatic rings. The number of ketones is 1. The van der Waals surface area contributed by atoms with Crippen molar-refractivity contribution in [3.8, 4) is 0 Å². The number of carbonyl (C=O) groups excluding carboxylic acids is 1. The van der Waals surface area contributed by atoms with Gasteiger partial charge in [0.25, 0.3) is 10.4 Å². The van der Waals surface area contributed by atoms with Crippen LogP contribution in [-0.2, 0) is 33.9 Å². The average molecular weight is 478 g/mol. The average Bonchev–Trinajstić information content (AvgIpc) is 3.18. The predicted molar refractivity (Wildman–Crippen MR) is 133 cm³/mol. The van der Waals surface area contributed by atoms with Crippen LogP contribution in [0.3, 0.4) is 0 Å². The van der Waals surface area contributed by atoms with Crippen LogP contribution in [0.25, 0.3) is 0 Å². The SMILES string of the molecule is CN(CCCCC(=O)c1ccc2c(c1)CC(N(C)[S+](C)(=O)O)C2)CCc1ccccc1Cl. The summed E-state index contributed by atoms with van der Waals surface area (Å²) in [6, 6.07) is 13.8. The van der Waals surface area contributed by atoms with Gasteiger partial charge < -0.3 is 4.90 Å². The van der Waals surface area contributed by atoms with Crippen LogP contribution in [0.5, 0.6) is 0 Å². The lowest BCUT2D eigenvalue weighted by Crippen LogP contribution is -2.40. The second-order valence-corrected chi connectivity index (χ2v) is 11.4. The van der Waals surface area contributed by atoms with E-state index >= 15 is 0 Å². The van der Waals surface area contributed by atoms with E-state index in [1.807, 2.05) is 36.4 Å². The van der Waals surface area contributed by atoms with Crippen LogP contribution in [-0.4, -0.2) is 59.0 Å². The molecule has 0 heterocycles. The Bertz CT molecular complexity index is 991. The summed E-state index contributed by atoms with van der Waals surface area (Å²) < 4.78 is 23.3. The Kier molecular flexibility index (Phi) is 8.64. The number of Topliss-reactive ketones (excluding diaryl/α,β-unsaturated/α-hetero) is 1. The number of hydrogen-bond donors (Lipinski definition) is 1. The Morgan fingerprint density at radius 3 is 2.53 bits per heavy atom. The summed E-state index contributed by atoms with van der Waals surface area (Å²) in [7, 11) is 0.827. The summed E-state index contributed by atoms with van der Waals surface area (Å²) in [5.41, 5.74) is 4.21. The zero-order valence-corrected chi connectivity index (χ0v) is 20.8. The first-order valence-electron chi connectivity index (χ1n) is 11.2. The monoisotopic (exact) mass is 477 g/mol. The number of fused-ring (bicyclic) bond motifs is 1. The van der Waals surface area contributed by atoms with Gasteiger partial charge >= 0.3 is 0 Å². The van der Waals surface area contributed by atoms with E-state index in [0.29, 0.717) is 12.8 Å². The van der Waals surface area contributed by atoms with Crippen LogP contribution >= 0.6 is 11.6 Å². The Balaban J connectivity index is 1.42. The molecule has 1 N–H and O–H groups in total. The molecule has 0 aliphatic heterocycles. The minimum atomic E-state index is -2.97. The van der Waals surface area contributed by atoms with Crippen molar-refractivity contribution >= 4 is 27.8 Å². The van der Waals surface area contributed by atoms with Crippen molar-refractivity contribution in [2.24, 2.45) is 0 Å². The zero-order chi connectivity index (χ0) is 23.3. The van der Waals surface area contributed by atoms with Crippen molar-refractivity contribution in [1.82, 2.24) is 9.21 Å². The van der Waals surface area contributed by atoms with Crippen LogP contribution in [0.4, 0.5) is 0 Å². The molecule has 174 valence electrons. The van der Waals surface area contributed by atoms with E-state index in [1.54, 1.807) is 11.4 Å². The summed E-state index contributed by atoms with van der Waals surface area (Å²) in [6.07, 6.45) is 6.09. The van der Waals surface area contributed by atoms with E-state index in [9.17, 15) is 13.6 Å². The van der Waals surface area contributed by atoms with Gasteiger partial charge in [-0.15, -0.1) is 0 Å². The molecule has 0 fully saturated rings. The number of unbranched alkanes of at least 4 members (excludes halogenated alkanes) is 1. The number of rotatable bonds is 11. The normalized spacial score (nSPS) is 17.5. The number of carbonyl (C=O) groups is 1. The van der Waals surface area contributed by atoms with E-state index in [2.05, 4.69) is 18.0 Å². The molecule has 2 aromatic rings. The summed E-state index contributed by atoms with van der Waals surface area (Å²) >= 11 is 6.22. The Morgan fingerprint density at radius 2 is 1.81 bits per heavy atom. The number of nitrogens with zero attached hydrogens (tertiary/aromatic N) is 2. The molecule has 2 unspecified atom stereocenters. The molecule has 0 saturated carbocycles. The molecule has 7 heteroatoms. The number of halogens is 1. The lowest BCUT2D eigenvalue weighted by molar-refractivity contribution is 0.0978. The van der Waals surface area contributed by atoms with E-state index in [-0.39, 0.29) is 11.8 Å². The van der Waals surface area contributed by atoms with Gasteiger partial charge in [0.15, 0.2) is 12.0 Å². The van der Waals surface area contributed by atoms with Crippen molar-refractivity contribution in [2.45, 2.75) is 44.6 Å². The van der Waals surface area contributed by atoms with Gasteiger partial charge in [-0.3, -0.25) is 4.79 Å². The van der Waals surface area contributed by atoms with E-state index < -0.39 is 10.4 Å². The molecule has 32 heavy (non-hydrogen) atoms. The van der Waals surface area contributed by atoms with Crippen LogP contribution in [0.1, 0.15) is 46.3 Å². The maximum absolute atomic E-state index is 12.7. The molecule has 0 bridgehead atoms. The zero-order valence-electron chi connectivity index (χ0n) is 19.2. The van der Waals surface area contributed by atoms with Gasteiger partial charge in [-0.1, -0.05) is 46.2 Å². The minimum Gasteiger partial charge on any atom is -0.306 e. The van der Waals surface area contributed by atoms with Crippen LogP contribution in [0.15, 0.2) is 42.5 Å². The highest BCUT2D eigenvalue weighted by molar-refractivity contribution is 7.94. The first kappa shape index (κ1) is 25.1. The van der Waals surface area contributed by atoms with Crippen molar-refractivity contribution in [2.75, 3.05) is 33.4 Å². The molecular formula is C25H34ClN2O3S+. The summed E-state index contributed by atoms with van der Waals surface area (Å²) in [4.78, 5) is 15.0. The molecule has 0 amide bonds. The lowest BCUT2D eigenvalue weighted by Gasteiger charge is -2.18. The molecule has 0 spiro atoms. The first-order valence-corrected chi connectivity index (χ1v) is 13.4. The number of benzene rings is 2. The quantitative estimate of drug-likeness (QED) is 0.287. The largest absolute Gasteiger partial charge is 0.306 e. The fraction of sp³-hybridized carbons (Fsp3) is 0.480. The smallest absolute Gasteiger partial charge is 0.288 e. The third kappa shape index (κ3) is 6.72. The highest BCUT2D eigenvalue weighted by atomic mass is 35.5. The minimum absolute atomic E-state index is 0.000781. The topological polar surface area (TPSA) is 60.9 Å². The van der Waals surface area contributed by atoms with Gasteiger partial charge in [-0.05, 0) is 78.7 Å². The molecular weight excluding hydrogens is 444 g/mol.